The molecule has 0 amide bonds. The highest BCUT2D eigenvalue weighted by atomic mass is 35.5. The Morgan fingerprint density at radius 2 is 1.67 bits per heavy atom. The van der Waals surface area contributed by atoms with Gasteiger partial charge in [0.2, 0.25) is 0 Å². The summed E-state index contributed by atoms with van der Waals surface area (Å²) >= 11 is 5.47. The SMILES string of the molecule is Cc1cc(O)cc(C)c1C(O)C(O)CCl. The van der Waals surface area contributed by atoms with Crippen LogP contribution >= 0.6 is 11.6 Å². The fraction of sp³-hybridized carbons (Fsp3) is 0.455. The van der Waals surface area contributed by atoms with Crippen molar-refractivity contribution in [2.75, 3.05) is 5.88 Å². The van der Waals surface area contributed by atoms with E-state index in [0.29, 0.717) is 5.56 Å². The van der Waals surface area contributed by atoms with Gasteiger partial charge in [0.05, 0.1) is 12.0 Å². The minimum Gasteiger partial charge on any atom is -0.508 e. The molecule has 1 rings (SSSR count). The summed E-state index contributed by atoms with van der Waals surface area (Å²) in [5.74, 6) is 0.127. The molecule has 15 heavy (non-hydrogen) atoms. The van der Waals surface area contributed by atoms with Gasteiger partial charge in [0, 0.05) is 0 Å². The summed E-state index contributed by atoms with van der Waals surface area (Å²) in [6.45, 7) is 3.54. The van der Waals surface area contributed by atoms with Crippen LogP contribution in [0.15, 0.2) is 12.1 Å². The fourth-order valence-corrected chi connectivity index (χ4v) is 1.86. The zero-order chi connectivity index (χ0) is 11.6. The molecule has 3 nitrogen and oxygen atoms in total. The van der Waals surface area contributed by atoms with Gasteiger partial charge in [-0.05, 0) is 42.7 Å². The molecule has 0 fully saturated rings. The van der Waals surface area contributed by atoms with Crippen molar-refractivity contribution in [2.45, 2.75) is 26.1 Å². The lowest BCUT2D eigenvalue weighted by molar-refractivity contribution is 0.0319. The maximum Gasteiger partial charge on any atom is 0.116 e. The van der Waals surface area contributed by atoms with Gasteiger partial charge < -0.3 is 15.3 Å². The average molecular weight is 231 g/mol. The summed E-state index contributed by atoms with van der Waals surface area (Å²) in [6.07, 6.45) is -2.00. The topological polar surface area (TPSA) is 60.7 Å². The van der Waals surface area contributed by atoms with Crippen LogP contribution in [-0.2, 0) is 0 Å². The number of phenolic OH excluding ortho intramolecular Hbond substituents is 1. The van der Waals surface area contributed by atoms with Crippen LogP contribution in [0.2, 0.25) is 0 Å². The lowest BCUT2D eigenvalue weighted by Crippen LogP contribution is -2.21. The second-order valence-electron chi connectivity index (χ2n) is 3.66. The number of rotatable bonds is 3. The molecule has 0 saturated heterocycles. The van der Waals surface area contributed by atoms with E-state index in [1.165, 1.54) is 0 Å². The maximum absolute atomic E-state index is 9.83. The fourth-order valence-electron chi connectivity index (χ4n) is 1.70. The van der Waals surface area contributed by atoms with Crippen molar-refractivity contribution in [1.82, 2.24) is 0 Å². The number of hydrogen-bond acceptors (Lipinski definition) is 3. The molecular formula is C11H15ClO3. The van der Waals surface area contributed by atoms with Gasteiger partial charge in [0.25, 0.3) is 0 Å². The normalized spacial score (nSPS) is 15.0. The quantitative estimate of drug-likeness (QED) is 0.692. The van der Waals surface area contributed by atoms with Crippen LogP contribution in [-0.4, -0.2) is 27.3 Å². The summed E-state index contributed by atoms with van der Waals surface area (Å²) in [7, 11) is 0. The number of hydrogen-bond donors (Lipinski definition) is 3. The van der Waals surface area contributed by atoms with E-state index in [1.54, 1.807) is 26.0 Å². The zero-order valence-corrected chi connectivity index (χ0v) is 9.49. The highest BCUT2D eigenvalue weighted by Crippen LogP contribution is 2.28. The molecule has 0 heterocycles. The van der Waals surface area contributed by atoms with Crippen LogP contribution < -0.4 is 0 Å². The minimum atomic E-state index is -1.01. The van der Waals surface area contributed by atoms with Gasteiger partial charge >= 0.3 is 0 Å². The Bertz CT molecular complexity index is 329. The largest absolute Gasteiger partial charge is 0.508 e. The third-order valence-electron chi connectivity index (χ3n) is 2.40. The van der Waals surface area contributed by atoms with E-state index in [2.05, 4.69) is 0 Å². The van der Waals surface area contributed by atoms with Crippen molar-refractivity contribution in [1.29, 1.82) is 0 Å². The Hall–Kier alpha value is -0.770. The molecule has 2 unspecified atom stereocenters. The monoisotopic (exact) mass is 230 g/mol. The van der Waals surface area contributed by atoms with Gasteiger partial charge in [-0.1, -0.05) is 0 Å². The number of aromatic hydroxyl groups is 1. The second-order valence-corrected chi connectivity index (χ2v) is 3.97. The number of phenols is 1. The van der Waals surface area contributed by atoms with E-state index in [-0.39, 0.29) is 11.6 Å². The second kappa shape index (κ2) is 4.84. The third-order valence-corrected chi connectivity index (χ3v) is 2.71. The Morgan fingerprint density at radius 3 is 2.07 bits per heavy atom. The van der Waals surface area contributed by atoms with Crippen molar-refractivity contribution < 1.29 is 15.3 Å². The molecule has 0 aliphatic rings. The van der Waals surface area contributed by atoms with Gasteiger partial charge in [-0.15, -0.1) is 11.6 Å². The number of alkyl halides is 1. The molecule has 0 aliphatic carbocycles. The standard InChI is InChI=1S/C11H15ClO3/c1-6-3-8(13)4-7(2)10(6)11(15)9(14)5-12/h3-4,9,11,13-15H,5H2,1-2H3. The van der Waals surface area contributed by atoms with Crippen molar-refractivity contribution in [3.63, 3.8) is 0 Å². The molecule has 0 aliphatic heterocycles. The predicted molar refractivity (Wildman–Crippen MR) is 59.3 cm³/mol. The first-order valence-electron chi connectivity index (χ1n) is 4.69. The van der Waals surface area contributed by atoms with E-state index in [0.717, 1.165) is 11.1 Å². The predicted octanol–water partition coefficient (Wildman–Crippen LogP) is 1.64. The number of aliphatic hydroxyl groups is 2. The Kier molecular flexibility index (Phi) is 3.97. The third kappa shape index (κ3) is 2.62. The van der Waals surface area contributed by atoms with Crippen molar-refractivity contribution in [3.05, 3.63) is 28.8 Å². The van der Waals surface area contributed by atoms with Gasteiger partial charge in [-0.25, -0.2) is 0 Å². The van der Waals surface area contributed by atoms with Gasteiger partial charge in [0.15, 0.2) is 0 Å². The Morgan fingerprint density at radius 1 is 1.20 bits per heavy atom. The Balaban J connectivity index is 3.13. The summed E-state index contributed by atoms with van der Waals surface area (Å²) in [5, 5.41) is 28.6. The first-order valence-corrected chi connectivity index (χ1v) is 5.23. The number of aliphatic hydroxyl groups excluding tert-OH is 2. The smallest absolute Gasteiger partial charge is 0.116 e. The van der Waals surface area contributed by atoms with Crippen LogP contribution in [0.5, 0.6) is 5.75 Å². The van der Waals surface area contributed by atoms with Crippen LogP contribution in [0.25, 0.3) is 0 Å². The highest BCUT2D eigenvalue weighted by Gasteiger charge is 2.21. The Labute approximate surface area is 93.9 Å². The maximum atomic E-state index is 9.83. The summed E-state index contributed by atoms with van der Waals surface area (Å²) in [4.78, 5) is 0. The lowest BCUT2D eigenvalue weighted by atomic mass is 9.95. The molecule has 0 bridgehead atoms. The molecule has 0 aromatic heterocycles. The number of benzene rings is 1. The van der Waals surface area contributed by atoms with Crippen LogP contribution in [0.3, 0.4) is 0 Å². The van der Waals surface area contributed by atoms with Gasteiger partial charge in [-0.3, -0.25) is 0 Å². The van der Waals surface area contributed by atoms with E-state index in [4.69, 9.17) is 11.6 Å². The van der Waals surface area contributed by atoms with Crippen molar-refractivity contribution in [3.8, 4) is 5.75 Å². The number of aryl methyl sites for hydroxylation is 2. The molecule has 3 N–H and O–H groups in total. The molecule has 0 spiro atoms. The van der Waals surface area contributed by atoms with E-state index in [9.17, 15) is 15.3 Å². The summed E-state index contributed by atoms with van der Waals surface area (Å²) in [5.41, 5.74) is 2.11. The summed E-state index contributed by atoms with van der Waals surface area (Å²) in [6, 6.07) is 3.10. The molecule has 0 saturated carbocycles. The molecule has 1 aromatic rings. The van der Waals surface area contributed by atoms with Crippen LogP contribution in [0, 0.1) is 13.8 Å². The molecule has 1 aromatic carbocycles. The lowest BCUT2D eigenvalue weighted by Gasteiger charge is -2.20. The van der Waals surface area contributed by atoms with Crippen LogP contribution in [0.4, 0.5) is 0 Å². The van der Waals surface area contributed by atoms with Crippen molar-refractivity contribution >= 4 is 11.6 Å². The minimum absolute atomic E-state index is 0.0269. The van der Waals surface area contributed by atoms with Gasteiger partial charge in [0.1, 0.15) is 11.9 Å². The molecule has 84 valence electrons. The van der Waals surface area contributed by atoms with E-state index >= 15 is 0 Å². The first kappa shape index (κ1) is 12.3. The first-order chi connectivity index (χ1) is 6.97. The molecule has 2 atom stereocenters. The van der Waals surface area contributed by atoms with Crippen LogP contribution in [0.1, 0.15) is 22.8 Å². The molecule has 4 heteroatoms. The average Bonchev–Trinajstić information content (AvgIpc) is 2.14. The zero-order valence-electron chi connectivity index (χ0n) is 8.74. The van der Waals surface area contributed by atoms with Crippen molar-refractivity contribution in [2.24, 2.45) is 0 Å². The van der Waals surface area contributed by atoms with Gasteiger partial charge in [-0.2, -0.15) is 0 Å². The highest BCUT2D eigenvalue weighted by molar-refractivity contribution is 6.18. The van der Waals surface area contributed by atoms with E-state index < -0.39 is 12.2 Å². The number of halogens is 1. The molecular weight excluding hydrogens is 216 g/mol. The summed E-state index contributed by atoms with van der Waals surface area (Å²) < 4.78 is 0. The molecule has 0 radical (unpaired) electrons. The van der Waals surface area contributed by atoms with E-state index in [1.807, 2.05) is 0 Å².